The Labute approximate surface area is 138 Å². The summed E-state index contributed by atoms with van der Waals surface area (Å²) >= 11 is 0. The summed E-state index contributed by atoms with van der Waals surface area (Å²) in [6.07, 6.45) is 6.84. The maximum absolute atomic E-state index is 12.2. The molecule has 1 aliphatic rings. The Kier molecular flexibility index (Phi) is 7.36. The molecule has 128 valence electrons. The van der Waals surface area contributed by atoms with Crippen LogP contribution in [0.4, 0.5) is 5.69 Å². The van der Waals surface area contributed by atoms with E-state index in [9.17, 15) is 4.79 Å². The lowest BCUT2D eigenvalue weighted by molar-refractivity contribution is -0.130. The van der Waals surface area contributed by atoms with Crippen molar-refractivity contribution in [1.82, 2.24) is 0 Å². The molecule has 3 N–H and O–H groups in total. The van der Waals surface area contributed by atoms with E-state index in [1.807, 2.05) is 31.2 Å². The fourth-order valence-corrected chi connectivity index (χ4v) is 2.78. The Morgan fingerprint density at radius 2 is 1.87 bits per heavy atom. The van der Waals surface area contributed by atoms with Gasteiger partial charge in [0.25, 0.3) is 5.91 Å². The van der Waals surface area contributed by atoms with Gasteiger partial charge in [-0.25, -0.2) is 0 Å². The Morgan fingerprint density at radius 3 is 2.48 bits per heavy atom. The van der Waals surface area contributed by atoms with E-state index in [0.717, 1.165) is 24.3 Å². The molecule has 1 aliphatic carbocycles. The third kappa shape index (κ3) is 6.20. The predicted octanol–water partition coefficient (Wildman–Crippen LogP) is 3.09. The maximum Gasteiger partial charge on any atom is 0.253 e. The van der Waals surface area contributed by atoms with Crippen LogP contribution in [0, 0.1) is 0 Å². The van der Waals surface area contributed by atoms with Crippen molar-refractivity contribution in [3.8, 4) is 5.75 Å². The molecule has 1 unspecified atom stereocenters. The smallest absolute Gasteiger partial charge is 0.253 e. The second-order valence-electron chi connectivity index (χ2n) is 6.04. The first-order chi connectivity index (χ1) is 11.2. The van der Waals surface area contributed by atoms with E-state index < -0.39 is 6.10 Å². The molecule has 1 aromatic carbocycles. The molecule has 1 saturated carbocycles. The molecule has 1 atom stereocenters. The molecule has 0 saturated heterocycles. The Morgan fingerprint density at radius 1 is 1.22 bits per heavy atom. The highest BCUT2D eigenvalue weighted by atomic mass is 16.5. The van der Waals surface area contributed by atoms with Gasteiger partial charge >= 0.3 is 0 Å². The summed E-state index contributed by atoms with van der Waals surface area (Å²) in [6.45, 7) is 2.78. The number of hydrogen-bond acceptors (Lipinski definition) is 4. The molecular weight excluding hydrogens is 292 g/mol. The number of anilines is 1. The van der Waals surface area contributed by atoms with E-state index in [1.54, 1.807) is 0 Å². The molecule has 1 fully saturated rings. The van der Waals surface area contributed by atoms with E-state index in [4.69, 9.17) is 15.2 Å². The van der Waals surface area contributed by atoms with Crippen LogP contribution in [0.25, 0.3) is 0 Å². The van der Waals surface area contributed by atoms with Gasteiger partial charge in [0, 0.05) is 12.2 Å². The van der Waals surface area contributed by atoms with Crippen molar-refractivity contribution in [3.63, 3.8) is 0 Å². The molecular formula is C18H28N2O3. The van der Waals surface area contributed by atoms with Gasteiger partial charge in [0.2, 0.25) is 0 Å². The summed E-state index contributed by atoms with van der Waals surface area (Å²) in [5, 5.41) is 2.89. The molecule has 23 heavy (non-hydrogen) atoms. The first-order valence-corrected chi connectivity index (χ1v) is 8.58. The second kappa shape index (κ2) is 9.53. The number of carbonyl (C=O) groups is 1. The quantitative estimate of drug-likeness (QED) is 0.757. The van der Waals surface area contributed by atoms with Crippen molar-refractivity contribution in [1.29, 1.82) is 0 Å². The maximum atomic E-state index is 12.2. The first-order valence-electron chi connectivity index (χ1n) is 8.58. The monoisotopic (exact) mass is 320 g/mol. The normalized spacial score (nSPS) is 17.3. The van der Waals surface area contributed by atoms with Crippen LogP contribution in [0.3, 0.4) is 0 Å². The fraction of sp³-hybridized carbons (Fsp3) is 0.611. The van der Waals surface area contributed by atoms with Crippen molar-refractivity contribution in [2.75, 3.05) is 18.5 Å². The SMILES string of the molecule is CC(OC1CCCCCC1)C(=O)Nc1ccc(OCCN)cc1. The zero-order valence-electron chi connectivity index (χ0n) is 13.9. The summed E-state index contributed by atoms with van der Waals surface area (Å²) in [6, 6.07) is 7.29. The lowest BCUT2D eigenvalue weighted by Crippen LogP contribution is -2.31. The van der Waals surface area contributed by atoms with Crippen LogP contribution in [-0.2, 0) is 9.53 Å². The van der Waals surface area contributed by atoms with Gasteiger partial charge in [-0.2, -0.15) is 0 Å². The molecule has 0 bridgehead atoms. The average molecular weight is 320 g/mol. The molecule has 0 aliphatic heterocycles. The Bertz CT molecular complexity index is 468. The summed E-state index contributed by atoms with van der Waals surface area (Å²) in [5.74, 6) is 0.640. The molecule has 0 heterocycles. The molecule has 2 rings (SSSR count). The summed E-state index contributed by atoms with van der Waals surface area (Å²) in [7, 11) is 0. The molecule has 0 aromatic heterocycles. The van der Waals surface area contributed by atoms with E-state index in [0.29, 0.717) is 13.2 Å². The molecule has 0 radical (unpaired) electrons. The van der Waals surface area contributed by atoms with Crippen LogP contribution in [0.5, 0.6) is 5.75 Å². The van der Waals surface area contributed by atoms with Crippen molar-refractivity contribution >= 4 is 11.6 Å². The predicted molar refractivity (Wildman–Crippen MR) is 91.7 cm³/mol. The van der Waals surface area contributed by atoms with Crippen molar-refractivity contribution < 1.29 is 14.3 Å². The van der Waals surface area contributed by atoms with Crippen molar-refractivity contribution in [3.05, 3.63) is 24.3 Å². The van der Waals surface area contributed by atoms with Crippen LogP contribution < -0.4 is 15.8 Å². The topological polar surface area (TPSA) is 73.6 Å². The van der Waals surface area contributed by atoms with Gasteiger partial charge in [-0.15, -0.1) is 0 Å². The Balaban J connectivity index is 1.80. The summed E-state index contributed by atoms with van der Waals surface area (Å²) in [4.78, 5) is 12.2. The third-order valence-corrected chi connectivity index (χ3v) is 4.08. The number of benzene rings is 1. The van der Waals surface area contributed by atoms with Crippen LogP contribution in [0.15, 0.2) is 24.3 Å². The van der Waals surface area contributed by atoms with Gasteiger partial charge in [0.15, 0.2) is 0 Å². The van der Waals surface area contributed by atoms with Gasteiger partial charge in [0.1, 0.15) is 18.5 Å². The minimum Gasteiger partial charge on any atom is -0.492 e. The number of carbonyl (C=O) groups excluding carboxylic acids is 1. The van der Waals surface area contributed by atoms with Crippen LogP contribution in [0.1, 0.15) is 45.4 Å². The van der Waals surface area contributed by atoms with Gasteiger partial charge in [-0.05, 0) is 44.0 Å². The van der Waals surface area contributed by atoms with Crippen LogP contribution >= 0.6 is 0 Å². The summed E-state index contributed by atoms with van der Waals surface area (Å²) in [5.41, 5.74) is 6.14. The zero-order chi connectivity index (χ0) is 16.5. The third-order valence-electron chi connectivity index (χ3n) is 4.08. The van der Waals surface area contributed by atoms with Gasteiger partial charge in [-0.1, -0.05) is 25.7 Å². The second-order valence-corrected chi connectivity index (χ2v) is 6.04. The average Bonchev–Trinajstić information content (AvgIpc) is 2.83. The van der Waals surface area contributed by atoms with Crippen molar-refractivity contribution in [2.24, 2.45) is 5.73 Å². The number of amides is 1. The molecule has 1 aromatic rings. The van der Waals surface area contributed by atoms with Gasteiger partial charge < -0.3 is 20.5 Å². The standard InChI is InChI=1S/C18H28N2O3/c1-14(23-17-6-4-2-3-5-7-17)18(21)20-15-8-10-16(11-9-15)22-13-12-19/h8-11,14,17H,2-7,12-13,19H2,1H3,(H,20,21). The van der Waals surface area contributed by atoms with E-state index in [1.165, 1.54) is 25.7 Å². The number of nitrogens with one attached hydrogen (secondary N) is 1. The van der Waals surface area contributed by atoms with Crippen LogP contribution in [-0.4, -0.2) is 31.3 Å². The highest BCUT2D eigenvalue weighted by Crippen LogP contribution is 2.21. The van der Waals surface area contributed by atoms with Gasteiger partial charge in [0.05, 0.1) is 6.10 Å². The number of nitrogens with two attached hydrogens (primary N) is 1. The van der Waals surface area contributed by atoms with E-state index in [2.05, 4.69) is 5.32 Å². The highest BCUT2D eigenvalue weighted by molar-refractivity contribution is 5.93. The Hall–Kier alpha value is -1.59. The van der Waals surface area contributed by atoms with E-state index >= 15 is 0 Å². The lowest BCUT2D eigenvalue weighted by atomic mass is 10.1. The van der Waals surface area contributed by atoms with Crippen molar-refractivity contribution in [2.45, 2.75) is 57.7 Å². The zero-order valence-corrected chi connectivity index (χ0v) is 13.9. The number of ether oxygens (including phenoxy) is 2. The minimum atomic E-state index is -0.439. The molecule has 0 spiro atoms. The molecule has 1 amide bonds. The summed E-state index contributed by atoms with van der Waals surface area (Å²) < 4.78 is 11.3. The highest BCUT2D eigenvalue weighted by Gasteiger charge is 2.20. The van der Waals surface area contributed by atoms with Crippen LogP contribution in [0.2, 0.25) is 0 Å². The fourth-order valence-electron chi connectivity index (χ4n) is 2.78. The number of hydrogen-bond donors (Lipinski definition) is 2. The number of rotatable bonds is 7. The molecule has 5 nitrogen and oxygen atoms in total. The largest absolute Gasteiger partial charge is 0.492 e. The minimum absolute atomic E-state index is 0.107. The van der Waals surface area contributed by atoms with Gasteiger partial charge in [-0.3, -0.25) is 4.79 Å². The molecule has 5 heteroatoms. The van der Waals surface area contributed by atoms with E-state index in [-0.39, 0.29) is 12.0 Å². The lowest BCUT2D eigenvalue weighted by Gasteiger charge is -2.20. The first kappa shape index (κ1) is 17.8.